The third-order valence-electron chi connectivity index (χ3n) is 3.41. The average molecular weight is 318 g/mol. The Kier molecular flexibility index (Phi) is 4.74. The minimum atomic E-state index is -3.50. The summed E-state index contributed by atoms with van der Waals surface area (Å²) in [5.74, 6) is 0.304. The van der Waals surface area contributed by atoms with Gasteiger partial charge in [0.15, 0.2) is 0 Å². The SMILES string of the molecule is Cc1ccc(CCl)cc1S(=O)(=O)N1CC(C)OC(C)C1. The average Bonchev–Trinajstić information content (AvgIpc) is 2.38. The highest BCUT2D eigenvalue weighted by Gasteiger charge is 2.33. The quantitative estimate of drug-likeness (QED) is 0.805. The third kappa shape index (κ3) is 3.17. The van der Waals surface area contributed by atoms with Crippen molar-refractivity contribution >= 4 is 21.6 Å². The summed E-state index contributed by atoms with van der Waals surface area (Å²) in [4.78, 5) is 0.344. The van der Waals surface area contributed by atoms with Crippen molar-refractivity contribution < 1.29 is 13.2 Å². The van der Waals surface area contributed by atoms with Crippen LogP contribution in [0.2, 0.25) is 0 Å². The van der Waals surface area contributed by atoms with Gasteiger partial charge >= 0.3 is 0 Å². The van der Waals surface area contributed by atoms with Crippen molar-refractivity contribution in [3.8, 4) is 0 Å². The molecule has 0 N–H and O–H groups in total. The minimum Gasteiger partial charge on any atom is -0.373 e. The molecular formula is C14H20ClNO3S. The number of aryl methyl sites for hydroxylation is 1. The topological polar surface area (TPSA) is 46.6 Å². The fraction of sp³-hybridized carbons (Fsp3) is 0.571. The molecule has 0 spiro atoms. The fourth-order valence-electron chi connectivity index (χ4n) is 2.47. The highest BCUT2D eigenvalue weighted by atomic mass is 35.5. The Morgan fingerprint density at radius 1 is 1.30 bits per heavy atom. The van der Waals surface area contributed by atoms with E-state index in [0.29, 0.717) is 23.9 Å². The Morgan fingerprint density at radius 2 is 1.90 bits per heavy atom. The molecule has 1 aromatic carbocycles. The molecule has 1 fully saturated rings. The highest BCUT2D eigenvalue weighted by Crippen LogP contribution is 2.25. The van der Waals surface area contributed by atoms with E-state index in [1.165, 1.54) is 4.31 Å². The number of alkyl halides is 1. The second kappa shape index (κ2) is 6.02. The smallest absolute Gasteiger partial charge is 0.243 e. The number of nitrogens with zero attached hydrogens (tertiary/aromatic N) is 1. The molecule has 1 aromatic rings. The zero-order chi connectivity index (χ0) is 14.9. The summed E-state index contributed by atoms with van der Waals surface area (Å²) < 4.78 is 32.7. The van der Waals surface area contributed by atoms with Crippen molar-refractivity contribution in [1.29, 1.82) is 0 Å². The zero-order valence-corrected chi connectivity index (χ0v) is 13.5. The second-order valence-electron chi connectivity index (χ2n) is 5.31. The molecule has 4 nitrogen and oxygen atoms in total. The van der Waals surface area contributed by atoms with Crippen LogP contribution in [0.1, 0.15) is 25.0 Å². The van der Waals surface area contributed by atoms with E-state index in [1.54, 1.807) is 19.1 Å². The highest BCUT2D eigenvalue weighted by molar-refractivity contribution is 7.89. The third-order valence-corrected chi connectivity index (χ3v) is 5.69. The van der Waals surface area contributed by atoms with Crippen LogP contribution in [0, 0.1) is 6.92 Å². The van der Waals surface area contributed by atoms with Gasteiger partial charge in [0.25, 0.3) is 0 Å². The van der Waals surface area contributed by atoms with Gasteiger partial charge in [-0.05, 0) is 38.0 Å². The van der Waals surface area contributed by atoms with Crippen molar-refractivity contribution in [3.05, 3.63) is 29.3 Å². The first kappa shape index (κ1) is 15.8. The molecule has 0 bridgehead atoms. The van der Waals surface area contributed by atoms with Gasteiger partial charge in [-0.15, -0.1) is 11.6 Å². The van der Waals surface area contributed by atoms with E-state index in [-0.39, 0.29) is 12.2 Å². The van der Waals surface area contributed by atoms with E-state index in [2.05, 4.69) is 0 Å². The molecule has 0 saturated carbocycles. The summed E-state index contributed by atoms with van der Waals surface area (Å²) >= 11 is 5.81. The summed E-state index contributed by atoms with van der Waals surface area (Å²) in [6.07, 6.45) is -0.185. The number of sulfonamides is 1. The van der Waals surface area contributed by atoms with Crippen LogP contribution in [0.15, 0.2) is 23.1 Å². The van der Waals surface area contributed by atoms with Gasteiger partial charge in [0.05, 0.1) is 17.1 Å². The van der Waals surface area contributed by atoms with E-state index in [0.717, 1.165) is 11.1 Å². The number of rotatable bonds is 3. The summed E-state index contributed by atoms with van der Waals surface area (Å²) in [6, 6.07) is 5.33. The lowest BCUT2D eigenvalue weighted by Gasteiger charge is -2.34. The standard InChI is InChI=1S/C14H20ClNO3S/c1-10-4-5-13(7-15)6-14(10)20(17,18)16-8-11(2)19-12(3)9-16/h4-6,11-12H,7-9H2,1-3H3. The number of ether oxygens (including phenoxy) is 1. The van der Waals surface area contributed by atoms with Crippen LogP contribution in [0.4, 0.5) is 0 Å². The molecule has 112 valence electrons. The van der Waals surface area contributed by atoms with E-state index in [1.807, 2.05) is 19.9 Å². The maximum Gasteiger partial charge on any atom is 0.243 e. The molecule has 0 aromatic heterocycles. The zero-order valence-electron chi connectivity index (χ0n) is 12.0. The molecule has 1 aliphatic heterocycles. The summed E-state index contributed by atoms with van der Waals surface area (Å²) in [7, 11) is -3.50. The maximum absolute atomic E-state index is 12.8. The number of hydrogen-bond donors (Lipinski definition) is 0. The number of hydrogen-bond acceptors (Lipinski definition) is 3. The van der Waals surface area contributed by atoms with Gasteiger partial charge in [-0.3, -0.25) is 0 Å². The molecule has 1 saturated heterocycles. The van der Waals surface area contributed by atoms with Crippen LogP contribution in [-0.4, -0.2) is 38.0 Å². The van der Waals surface area contributed by atoms with Crippen LogP contribution in [0.25, 0.3) is 0 Å². The largest absolute Gasteiger partial charge is 0.373 e. The molecular weight excluding hydrogens is 298 g/mol. The van der Waals surface area contributed by atoms with Gasteiger partial charge in [-0.1, -0.05) is 12.1 Å². The van der Waals surface area contributed by atoms with E-state index in [4.69, 9.17) is 16.3 Å². The Labute approximate surface area is 125 Å². The molecule has 1 heterocycles. The Balaban J connectivity index is 2.39. The summed E-state index contributed by atoms with van der Waals surface area (Å²) in [6.45, 7) is 6.35. The van der Waals surface area contributed by atoms with Crippen LogP contribution < -0.4 is 0 Å². The molecule has 2 rings (SSSR count). The first-order valence-electron chi connectivity index (χ1n) is 6.65. The van der Waals surface area contributed by atoms with Gasteiger partial charge in [-0.25, -0.2) is 8.42 Å². The number of morpholine rings is 1. The van der Waals surface area contributed by atoms with E-state index in [9.17, 15) is 8.42 Å². The van der Waals surface area contributed by atoms with Crippen LogP contribution in [0.3, 0.4) is 0 Å². The predicted molar refractivity (Wildman–Crippen MR) is 79.5 cm³/mol. The number of halogens is 1. The summed E-state index contributed by atoms with van der Waals surface area (Å²) in [5, 5.41) is 0. The lowest BCUT2D eigenvalue weighted by atomic mass is 10.2. The second-order valence-corrected chi connectivity index (χ2v) is 7.49. The van der Waals surface area contributed by atoms with Crippen molar-refractivity contribution in [2.75, 3.05) is 13.1 Å². The van der Waals surface area contributed by atoms with Crippen molar-refractivity contribution in [3.63, 3.8) is 0 Å². The first-order valence-corrected chi connectivity index (χ1v) is 8.63. The van der Waals surface area contributed by atoms with Crippen molar-refractivity contribution in [1.82, 2.24) is 4.31 Å². The summed E-state index contributed by atoms with van der Waals surface area (Å²) in [5.41, 5.74) is 1.55. The molecule has 0 aliphatic carbocycles. The lowest BCUT2D eigenvalue weighted by Crippen LogP contribution is -2.48. The van der Waals surface area contributed by atoms with Gasteiger partial charge in [0.2, 0.25) is 10.0 Å². The molecule has 2 unspecified atom stereocenters. The monoisotopic (exact) mass is 317 g/mol. The predicted octanol–water partition coefficient (Wildman–Crippen LogP) is 2.53. The lowest BCUT2D eigenvalue weighted by molar-refractivity contribution is -0.0440. The van der Waals surface area contributed by atoms with Gasteiger partial charge in [-0.2, -0.15) is 4.31 Å². The molecule has 20 heavy (non-hydrogen) atoms. The van der Waals surface area contributed by atoms with Crippen LogP contribution >= 0.6 is 11.6 Å². The Morgan fingerprint density at radius 3 is 2.45 bits per heavy atom. The molecule has 6 heteroatoms. The van der Waals surface area contributed by atoms with Crippen molar-refractivity contribution in [2.45, 2.75) is 43.8 Å². The van der Waals surface area contributed by atoms with Gasteiger partial charge in [0, 0.05) is 19.0 Å². The Hall–Kier alpha value is -0.620. The molecule has 1 aliphatic rings. The first-order chi connectivity index (χ1) is 9.34. The van der Waals surface area contributed by atoms with Gasteiger partial charge in [0.1, 0.15) is 0 Å². The van der Waals surface area contributed by atoms with Gasteiger partial charge < -0.3 is 4.74 Å². The van der Waals surface area contributed by atoms with E-state index >= 15 is 0 Å². The fourth-order valence-corrected chi connectivity index (χ4v) is 4.50. The molecule has 2 atom stereocenters. The molecule has 0 amide bonds. The minimum absolute atomic E-state index is 0.0926. The van der Waals surface area contributed by atoms with Crippen molar-refractivity contribution in [2.24, 2.45) is 0 Å². The number of benzene rings is 1. The maximum atomic E-state index is 12.8. The molecule has 0 radical (unpaired) electrons. The Bertz CT molecular complexity index is 578. The normalized spacial score (nSPS) is 24.8. The van der Waals surface area contributed by atoms with Crippen LogP contribution in [-0.2, 0) is 20.6 Å². The van der Waals surface area contributed by atoms with E-state index < -0.39 is 10.0 Å². The van der Waals surface area contributed by atoms with Crippen LogP contribution in [0.5, 0.6) is 0 Å².